The number of aromatic nitrogens is 2. The van der Waals surface area contributed by atoms with E-state index in [-0.39, 0.29) is 6.04 Å². The van der Waals surface area contributed by atoms with Crippen molar-refractivity contribution < 1.29 is 0 Å². The van der Waals surface area contributed by atoms with Gasteiger partial charge in [-0.15, -0.1) is 11.3 Å². The summed E-state index contributed by atoms with van der Waals surface area (Å²) in [4.78, 5) is 13.3. The van der Waals surface area contributed by atoms with Crippen LogP contribution in [0.3, 0.4) is 0 Å². The molecule has 2 N–H and O–H groups in total. The molecule has 16 heavy (non-hydrogen) atoms. The summed E-state index contributed by atoms with van der Waals surface area (Å²) in [6.45, 7) is 4.01. The highest BCUT2D eigenvalue weighted by Crippen LogP contribution is 2.30. The van der Waals surface area contributed by atoms with Crippen molar-refractivity contribution in [2.45, 2.75) is 19.4 Å². The number of aryl methyl sites for hydroxylation is 1. The van der Waals surface area contributed by atoms with Crippen molar-refractivity contribution in [2.75, 3.05) is 18.0 Å². The molecular weight excluding hydrogens is 220 g/mol. The van der Waals surface area contributed by atoms with Crippen molar-refractivity contribution in [3.8, 4) is 0 Å². The van der Waals surface area contributed by atoms with Crippen LogP contribution in [-0.4, -0.2) is 29.1 Å². The van der Waals surface area contributed by atoms with Gasteiger partial charge in [0, 0.05) is 24.0 Å². The Balaban J connectivity index is 2.09. The van der Waals surface area contributed by atoms with Crippen LogP contribution in [0.2, 0.25) is 0 Å². The molecule has 1 atom stereocenters. The maximum atomic E-state index is 5.93. The largest absolute Gasteiger partial charge is 0.354 e. The van der Waals surface area contributed by atoms with E-state index in [1.807, 2.05) is 0 Å². The Morgan fingerprint density at radius 2 is 2.38 bits per heavy atom. The van der Waals surface area contributed by atoms with E-state index >= 15 is 0 Å². The van der Waals surface area contributed by atoms with E-state index in [4.69, 9.17) is 5.73 Å². The minimum atomic E-state index is 0.282. The maximum absolute atomic E-state index is 5.93. The molecule has 0 radical (unpaired) electrons. The average molecular weight is 234 g/mol. The molecule has 0 aliphatic carbocycles. The van der Waals surface area contributed by atoms with Crippen LogP contribution in [-0.2, 0) is 0 Å². The predicted molar refractivity (Wildman–Crippen MR) is 67.0 cm³/mol. The topological polar surface area (TPSA) is 55.0 Å². The zero-order valence-corrected chi connectivity index (χ0v) is 10.00. The maximum Gasteiger partial charge on any atom is 0.140 e. The molecule has 3 rings (SSSR count). The summed E-state index contributed by atoms with van der Waals surface area (Å²) in [7, 11) is 0. The second kappa shape index (κ2) is 3.68. The first kappa shape index (κ1) is 9.99. The Morgan fingerprint density at radius 3 is 3.12 bits per heavy atom. The lowest BCUT2D eigenvalue weighted by Crippen LogP contribution is -2.26. The fourth-order valence-corrected chi connectivity index (χ4v) is 3.04. The Morgan fingerprint density at radius 1 is 1.50 bits per heavy atom. The third kappa shape index (κ3) is 1.56. The molecule has 1 saturated heterocycles. The Hall–Kier alpha value is -1.20. The minimum Gasteiger partial charge on any atom is -0.354 e. The van der Waals surface area contributed by atoms with Gasteiger partial charge in [-0.25, -0.2) is 9.97 Å². The summed E-state index contributed by atoms with van der Waals surface area (Å²) in [6.07, 6.45) is 2.70. The molecule has 0 saturated carbocycles. The molecule has 0 amide bonds. The second-order valence-corrected chi connectivity index (χ2v) is 5.50. The number of hydrogen-bond donors (Lipinski definition) is 1. The fraction of sp³-hybridized carbons (Fsp3) is 0.455. The summed E-state index contributed by atoms with van der Waals surface area (Å²) in [6, 6.07) is 2.45. The molecule has 2 aromatic heterocycles. The summed E-state index contributed by atoms with van der Waals surface area (Å²) < 4.78 is 0. The summed E-state index contributed by atoms with van der Waals surface area (Å²) in [5, 5.41) is 1.17. The van der Waals surface area contributed by atoms with Crippen molar-refractivity contribution in [3.05, 3.63) is 17.3 Å². The Bertz CT molecular complexity index is 522. The highest BCUT2D eigenvalue weighted by atomic mass is 32.1. The lowest BCUT2D eigenvalue weighted by atomic mass is 10.3. The number of fused-ring (bicyclic) bond motifs is 1. The third-order valence-electron chi connectivity index (χ3n) is 2.96. The van der Waals surface area contributed by atoms with E-state index in [1.165, 1.54) is 10.3 Å². The molecule has 1 aliphatic rings. The molecule has 4 nitrogen and oxygen atoms in total. The predicted octanol–water partition coefficient (Wildman–Crippen LogP) is 1.54. The molecule has 0 spiro atoms. The minimum absolute atomic E-state index is 0.282. The van der Waals surface area contributed by atoms with Gasteiger partial charge in [0.15, 0.2) is 0 Å². The van der Waals surface area contributed by atoms with E-state index < -0.39 is 0 Å². The number of nitrogens with two attached hydrogens (primary N) is 1. The molecular formula is C11H14N4S. The quantitative estimate of drug-likeness (QED) is 0.813. The van der Waals surface area contributed by atoms with Crippen LogP contribution in [0, 0.1) is 6.92 Å². The number of hydrogen-bond acceptors (Lipinski definition) is 5. The van der Waals surface area contributed by atoms with Crippen LogP contribution in [0.5, 0.6) is 0 Å². The molecule has 0 aromatic carbocycles. The monoisotopic (exact) mass is 234 g/mol. The molecule has 1 fully saturated rings. The first-order valence-electron chi connectivity index (χ1n) is 5.46. The fourth-order valence-electron chi connectivity index (χ4n) is 2.20. The first-order valence-corrected chi connectivity index (χ1v) is 6.27. The molecule has 5 heteroatoms. The van der Waals surface area contributed by atoms with E-state index in [2.05, 4.69) is 27.9 Å². The van der Waals surface area contributed by atoms with Crippen molar-refractivity contribution >= 4 is 27.4 Å². The van der Waals surface area contributed by atoms with E-state index in [0.717, 1.165) is 30.2 Å². The van der Waals surface area contributed by atoms with Crippen LogP contribution in [0.4, 0.5) is 5.82 Å². The van der Waals surface area contributed by atoms with Crippen LogP contribution in [0.25, 0.3) is 10.2 Å². The highest BCUT2D eigenvalue weighted by molar-refractivity contribution is 7.18. The van der Waals surface area contributed by atoms with Gasteiger partial charge in [-0.3, -0.25) is 0 Å². The third-order valence-corrected chi connectivity index (χ3v) is 3.91. The number of thiophene rings is 1. The zero-order chi connectivity index (χ0) is 11.1. The lowest BCUT2D eigenvalue weighted by Gasteiger charge is -2.17. The smallest absolute Gasteiger partial charge is 0.140 e. The number of rotatable bonds is 1. The standard InChI is InChI=1S/C11H14N4S/c1-7-4-9-10(13-6-14-11(9)16-7)15-3-2-8(12)5-15/h4,6,8H,2-3,5,12H2,1H3. The molecule has 1 unspecified atom stereocenters. The van der Waals surface area contributed by atoms with Gasteiger partial charge in [0.2, 0.25) is 0 Å². The Kier molecular flexibility index (Phi) is 2.29. The van der Waals surface area contributed by atoms with Crippen LogP contribution in [0.1, 0.15) is 11.3 Å². The van der Waals surface area contributed by atoms with Crippen LogP contribution >= 0.6 is 11.3 Å². The average Bonchev–Trinajstić information content (AvgIpc) is 2.82. The van der Waals surface area contributed by atoms with Gasteiger partial charge >= 0.3 is 0 Å². The van der Waals surface area contributed by atoms with Gasteiger partial charge in [-0.1, -0.05) is 0 Å². The molecule has 1 aliphatic heterocycles. The van der Waals surface area contributed by atoms with E-state index in [0.29, 0.717) is 0 Å². The Labute approximate surface area is 98.1 Å². The molecule has 3 heterocycles. The van der Waals surface area contributed by atoms with Crippen LogP contribution in [0.15, 0.2) is 12.4 Å². The van der Waals surface area contributed by atoms with Crippen molar-refractivity contribution in [3.63, 3.8) is 0 Å². The van der Waals surface area contributed by atoms with Gasteiger partial charge in [0.1, 0.15) is 17.0 Å². The zero-order valence-electron chi connectivity index (χ0n) is 9.18. The van der Waals surface area contributed by atoms with Crippen LogP contribution < -0.4 is 10.6 Å². The van der Waals surface area contributed by atoms with Crippen molar-refractivity contribution in [1.29, 1.82) is 0 Å². The number of nitrogens with zero attached hydrogens (tertiary/aromatic N) is 3. The van der Waals surface area contributed by atoms with Gasteiger partial charge in [0.25, 0.3) is 0 Å². The normalized spacial score (nSPS) is 20.9. The highest BCUT2D eigenvalue weighted by Gasteiger charge is 2.22. The molecule has 2 aromatic rings. The van der Waals surface area contributed by atoms with Crippen molar-refractivity contribution in [2.24, 2.45) is 5.73 Å². The summed E-state index contributed by atoms with van der Waals surface area (Å²) in [5.41, 5.74) is 5.93. The van der Waals surface area contributed by atoms with E-state index in [9.17, 15) is 0 Å². The first-order chi connectivity index (χ1) is 7.74. The number of anilines is 1. The SMILES string of the molecule is Cc1cc2c(N3CCC(N)C3)ncnc2s1. The lowest BCUT2D eigenvalue weighted by molar-refractivity contribution is 0.751. The van der Waals surface area contributed by atoms with Crippen molar-refractivity contribution in [1.82, 2.24) is 9.97 Å². The van der Waals surface area contributed by atoms with Gasteiger partial charge in [-0.2, -0.15) is 0 Å². The molecule has 0 bridgehead atoms. The van der Waals surface area contributed by atoms with Gasteiger partial charge in [0.05, 0.1) is 5.39 Å². The summed E-state index contributed by atoms with van der Waals surface area (Å²) >= 11 is 1.72. The van der Waals surface area contributed by atoms with Gasteiger partial charge in [-0.05, 0) is 19.4 Å². The summed E-state index contributed by atoms with van der Waals surface area (Å²) in [5.74, 6) is 1.04. The van der Waals surface area contributed by atoms with E-state index in [1.54, 1.807) is 17.7 Å². The molecule has 84 valence electrons. The second-order valence-electron chi connectivity index (χ2n) is 4.27. The van der Waals surface area contributed by atoms with Gasteiger partial charge < -0.3 is 10.6 Å².